The summed E-state index contributed by atoms with van der Waals surface area (Å²) >= 11 is 6.78. The third-order valence-corrected chi connectivity index (χ3v) is 3.44. The molecular formula is C13H13Br2NO. The Balaban J connectivity index is 2.31. The van der Waals surface area contributed by atoms with Crippen LogP contribution in [0, 0.1) is 0 Å². The Kier molecular flexibility index (Phi) is 4.42. The summed E-state index contributed by atoms with van der Waals surface area (Å²) in [6.07, 6.45) is 0. The minimum absolute atomic E-state index is 0.0967. The van der Waals surface area contributed by atoms with Gasteiger partial charge in [0.25, 0.3) is 0 Å². The van der Waals surface area contributed by atoms with Crippen LogP contribution in [0.15, 0.2) is 50.0 Å². The predicted octanol–water partition coefficient (Wildman–Crippen LogP) is 4.50. The first-order valence-electron chi connectivity index (χ1n) is 5.44. The molecule has 0 radical (unpaired) electrons. The summed E-state index contributed by atoms with van der Waals surface area (Å²) in [4.78, 5) is 0. The highest BCUT2D eigenvalue weighted by Gasteiger charge is 2.16. The SMILES string of the molecule is CCNC(c1ccc(Br)cc1)c1ccc(Br)o1. The van der Waals surface area contributed by atoms with Crippen molar-refractivity contribution in [2.75, 3.05) is 6.54 Å². The van der Waals surface area contributed by atoms with Crippen LogP contribution in [0.3, 0.4) is 0 Å². The molecule has 0 saturated heterocycles. The molecule has 0 aliphatic rings. The molecule has 0 fully saturated rings. The van der Waals surface area contributed by atoms with E-state index in [2.05, 4.69) is 56.2 Å². The number of benzene rings is 1. The van der Waals surface area contributed by atoms with Gasteiger partial charge in [-0.3, -0.25) is 0 Å². The summed E-state index contributed by atoms with van der Waals surface area (Å²) in [5.74, 6) is 0.918. The van der Waals surface area contributed by atoms with Gasteiger partial charge < -0.3 is 9.73 Å². The average Bonchev–Trinajstić information content (AvgIpc) is 2.74. The Labute approximate surface area is 118 Å². The number of halogens is 2. The molecule has 90 valence electrons. The second kappa shape index (κ2) is 5.85. The van der Waals surface area contributed by atoms with E-state index in [-0.39, 0.29) is 6.04 Å². The summed E-state index contributed by atoms with van der Waals surface area (Å²) in [6.45, 7) is 2.98. The molecule has 1 aromatic carbocycles. The maximum Gasteiger partial charge on any atom is 0.169 e. The van der Waals surface area contributed by atoms with Crippen LogP contribution in [0.2, 0.25) is 0 Å². The van der Waals surface area contributed by atoms with Crippen LogP contribution >= 0.6 is 31.9 Å². The Hall–Kier alpha value is -0.580. The summed E-state index contributed by atoms with van der Waals surface area (Å²) < 4.78 is 7.46. The van der Waals surface area contributed by atoms with E-state index in [0.29, 0.717) is 0 Å². The van der Waals surface area contributed by atoms with Crippen molar-refractivity contribution >= 4 is 31.9 Å². The summed E-state index contributed by atoms with van der Waals surface area (Å²) in [6, 6.07) is 12.3. The van der Waals surface area contributed by atoms with Gasteiger partial charge in [-0.05, 0) is 52.3 Å². The van der Waals surface area contributed by atoms with Crippen molar-refractivity contribution in [1.82, 2.24) is 5.32 Å². The predicted molar refractivity (Wildman–Crippen MR) is 76.1 cm³/mol. The van der Waals surface area contributed by atoms with Crippen molar-refractivity contribution in [3.05, 3.63) is 56.9 Å². The number of rotatable bonds is 4. The largest absolute Gasteiger partial charge is 0.452 e. The second-order valence-electron chi connectivity index (χ2n) is 3.68. The van der Waals surface area contributed by atoms with Crippen molar-refractivity contribution in [3.8, 4) is 0 Å². The van der Waals surface area contributed by atoms with E-state index >= 15 is 0 Å². The first-order chi connectivity index (χ1) is 8.20. The first-order valence-corrected chi connectivity index (χ1v) is 7.03. The zero-order valence-electron chi connectivity index (χ0n) is 9.41. The smallest absolute Gasteiger partial charge is 0.169 e. The van der Waals surface area contributed by atoms with Crippen LogP contribution in [0.5, 0.6) is 0 Å². The zero-order chi connectivity index (χ0) is 12.3. The van der Waals surface area contributed by atoms with Gasteiger partial charge in [-0.2, -0.15) is 0 Å². The third kappa shape index (κ3) is 3.21. The lowest BCUT2D eigenvalue weighted by atomic mass is 10.0. The second-order valence-corrected chi connectivity index (χ2v) is 5.38. The van der Waals surface area contributed by atoms with Crippen LogP contribution < -0.4 is 5.32 Å². The van der Waals surface area contributed by atoms with Gasteiger partial charge in [0.1, 0.15) is 5.76 Å². The fraction of sp³-hybridized carbons (Fsp3) is 0.231. The highest BCUT2D eigenvalue weighted by molar-refractivity contribution is 9.10. The average molecular weight is 359 g/mol. The topological polar surface area (TPSA) is 25.2 Å². The molecule has 1 N–H and O–H groups in total. The fourth-order valence-electron chi connectivity index (χ4n) is 1.73. The molecule has 17 heavy (non-hydrogen) atoms. The molecule has 1 atom stereocenters. The number of furan rings is 1. The minimum atomic E-state index is 0.0967. The summed E-state index contributed by atoms with van der Waals surface area (Å²) in [5, 5.41) is 3.42. The van der Waals surface area contributed by atoms with Crippen molar-refractivity contribution in [1.29, 1.82) is 0 Å². The maximum absolute atomic E-state index is 5.63. The Morgan fingerprint density at radius 2 is 1.82 bits per heavy atom. The molecule has 0 spiro atoms. The molecule has 2 rings (SSSR count). The molecule has 4 heteroatoms. The maximum atomic E-state index is 5.63. The lowest BCUT2D eigenvalue weighted by Gasteiger charge is -2.16. The van der Waals surface area contributed by atoms with Crippen LogP contribution in [0.4, 0.5) is 0 Å². The van der Waals surface area contributed by atoms with Crippen molar-refractivity contribution in [3.63, 3.8) is 0 Å². The monoisotopic (exact) mass is 357 g/mol. The van der Waals surface area contributed by atoms with Gasteiger partial charge in [-0.1, -0.05) is 35.0 Å². The highest BCUT2D eigenvalue weighted by atomic mass is 79.9. The molecule has 1 heterocycles. The van der Waals surface area contributed by atoms with E-state index in [1.165, 1.54) is 5.56 Å². The van der Waals surface area contributed by atoms with Gasteiger partial charge in [0, 0.05) is 4.47 Å². The Bertz CT molecular complexity index is 478. The van der Waals surface area contributed by atoms with E-state index in [0.717, 1.165) is 21.4 Å². The van der Waals surface area contributed by atoms with Gasteiger partial charge in [0.15, 0.2) is 4.67 Å². The van der Waals surface area contributed by atoms with Crippen molar-refractivity contribution in [2.24, 2.45) is 0 Å². The van der Waals surface area contributed by atoms with Crippen molar-refractivity contribution in [2.45, 2.75) is 13.0 Å². The molecule has 1 unspecified atom stereocenters. The van der Waals surface area contributed by atoms with E-state index < -0.39 is 0 Å². The molecule has 0 amide bonds. The highest BCUT2D eigenvalue weighted by Crippen LogP contribution is 2.26. The van der Waals surface area contributed by atoms with E-state index in [4.69, 9.17) is 4.42 Å². The summed E-state index contributed by atoms with van der Waals surface area (Å²) in [5.41, 5.74) is 1.19. The molecule has 0 saturated carbocycles. The summed E-state index contributed by atoms with van der Waals surface area (Å²) in [7, 11) is 0. The molecule has 0 aliphatic carbocycles. The quantitative estimate of drug-likeness (QED) is 0.870. The Morgan fingerprint density at radius 3 is 2.35 bits per heavy atom. The first kappa shape index (κ1) is 12.9. The molecular weight excluding hydrogens is 346 g/mol. The van der Waals surface area contributed by atoms with Gasteiger partial charge >= 0.3 is 0 Å². The van der Waals surface area contributed by atoms with E-state index in [9.17, 15) is 0 Å². The van der Waals surface area contributed by atoms with Gasteiger partial charge in [0.05, 0.1) is 6.04 Å². The van der Waals surface area contributed by atoms with Crippen LogP contribution in [-0.2, 0) is 0 Å². The molecule has 0 bridgehead atoms. The third-order valence-electron chi connectivity index (χ3n) is 2.49. The Morgan fingerprint density at radius 1 is 1.12 bits per heavy atom. The zero-order valence-corrected chi connectivity index (χ0v) is 12.6. The number of nitrogens with one attached hydrogen (secondary N) is 1. The minimum Gasteiger partial charge on any atom is -0.452 e. The normalized spacial score (nSPS) is 12.6. The molecule has 1 aromatic heterocycles. The van der Waals surface area contributed by atoms with Gasteiger partial charge in [-0.25, -0.2) is 0 Å². The van der Waals surface area contributed by atoms with E-state index in [1.807, 2.05) is 24.3 Å². The van der Waals surface area contributed by atoms with Gasteiger partial charge in [0.2, 0.25) is 0 Å². The van der Waals surface area contributed by atoms with Crippen molar-refractivity contribution < 1.29 is 4.42 Å². The van der Waals surface area contributed by atoms with Crippen LogP contribution in [-0.4, -0.2) is 6.54 Å². The van der Waals surface area contributed by atoms with Gasteiger partial charge in [-0.15, -0.1) is 0 Å². The fourth-order valence-corrected chi connectivity index (χ4v) is 2.31. The van der Waals surface area contributed by atoms with E-state index in [1.54, 1.807) is 0 Å². The molecule has 2 nitrogen and oxygen atoms in total. The lowest BCUT2D eigenvalue weighted by molar-refractivity contribution is 0.437. The lowest BCUT2D eigenvalue weighted by Crippen LogP contribution is -2.21. The van der Waals surface area contributed by atoms with Crippen LogP contribution in [0.25, 0.3) is 0 Å². The number of hydrogen-bond acceptors (Lipinski definition) is 2. The molecule has 2 aromatic rings. The number of hydrogen-bond donors (Lipinski definition) is 1. The van der Waals surface area contributed by atoms with Crippen LogP contribution in [0.1, 0.15) is 24.3 Å². The molecule has 0 aliphatic heterocycles. The standard InChI is InChI=1S/C13H13Br2NO/c1-2-16-13(11-7-8-12(15)17-11)9-3-5-10(14)6-4-9/h3-8,13,16H,2H2,1H3.